The van der Waals surface area contributed by atoms with Crippen molar-refractivity contribution in [3.8, 4) is 5.75 Å². The van der Waals surface area contributed by atoms with E-state index >= 15 is 0 Å². The number of thiazole rings is 1. The second-order valence-corrected chi connectivity index (χ2v) is 7.67. The molecule has 9 heteroatoms. The van der Waals surface area contributed by atoms with Gasteiger partial charge in [0.25, 0.3) is 5.91 Å². The van der Waals surface area contributed by atoms with Crippen LogP contribution >= 0.6 is 34.5 Å². The molecule has 3 rings (SSSR count). The maximum Gasteiger partial charge on any atom is 0.338 e. The first kappa shape index (κ1) is 20.4. The van der Waals surface area contributed by atoms with E-state index in [1.807, 2.05) is 0 Å². The van der Waals surface area contributed by atoms with Gasteiger partial charge in [-0.15, -0.1) is 0 Å². The largest absolute Gasteiger partial charge is 0.482 e. The third-order valence-electron chi connectivity index (χ3n) is 3.69. The molecule has 0 aliphatic heterocycles. The number of carbonyl (C=O) groups is 2. The molecule has 3 aromatic rings. The summed E-state index contributed by atoms with van der Waals surface area (Å²) in [4.78, 5) is 28.4. The van der Waals surface area contributed by atoms with Gasteiger partial charge in [0.05, 0.1) is 27.4 Å². The normalized spacial score (nSPS) is 10.7. The van der Waals surface area contributed by atoms with Crippen molar-refractivity contribution in [2.45, 2.75) is 13.8 Å². The van der Waals surface area contributed by atoms with Crippen molar-refractivity contribution in [2.75, 3.05) is 18.5 Å². The minimum absolute atomic E-state index is 0.230. The number of halogens is 2. The van der Waals surface area contributed by atoms with Gasteiger partial charge in [-0.05, 0) is 49.7 Å². The van der Waals surface area contributed by atoms with Crippen LogP contribution in [-0.4, -0.2) is 30.1 Å². The highest BCUT2D eigenvalue weighted by atomic mass is 35.5. The first-order chi connectivity index (χ1) is 13.4. The van der Waals surface area contributed by atoms with Crippen LogP contribution in [0.1, 0.15) is 22.8 Å². The molecular weight excluding hydrogens is 423 g/mol. The zero-order valence-corrected chi connectivity index (χ0v) is 17.4. The number of benzene rings is 2. The lowest BCUT2D eigenvalue weighted by Crippen LogP contribution is -2.20. The fourth-order valence-electron chi connectivity index (χ4n) is 2.48. The van der Waals surface area contributed by atoms with E-state index in [1.165, 1.54) is 11.3 Å². The summed E-state index contributed by atoms with van der Waals surface area (Å²) in [6.45, 7) is 3.61. The Hall–Kier alpha value is -2.35. The quantitative estimate of drug-likeness (QED) is 0.541. The number of ether oxygens (including phenoxy) is 2. The highest BCUT2D eigenvalue weighted by molar-refractivity contribution is 7.22. The summed E-state index contributed by atoms with van der Waals surface area (Å²) >= 11 is 13.3. The van der Waals surface area contributed by atoms with E-state index in [9.17, 15) is 9.59 Å². The number of hydrogen-bond acceptors (Lipinski definition) is 6. The fraction of sp³-hybridized carbons (Fsp3) is 0.211. The van der Waals surface area contributed by atoms with E-state index in [0.717, 1.165) is 10.3 Å². The maximum atomic E-state index is 12.2. The predicted octanol–water partition coefficient (Wildman–Crippen LogP) is 5.11. The number of nitrogens with zero attached hydrogens (tertiary/aromatic N) is 1. The van der Waals surface area contributed by atoms with Crippen LogP contribution in [-0.2, 0) is 9.53 Å². The van der Waals surface area contributed by atoms with Gasteiger partial charge in [0.1, 0.15) is 5.75 Å². The number of aryl methyl sites for hydroxylation is 1. The van der Waals surface area contributed by atoms with Gasteiger partial charge in [-0.3, -0.25) is 10.1 Å². The first-order valence-corrected chi connectivity index (χ1v) is 9.90. The lowest BCUT2D eigenvalue weighted by atomic mass is 10.2. The van der Waals surface area contributed by atoms with E-state index in [1.54, 1.807) is 44.2 Å². The summed E-state index contributed by atoms with van der Waals surface area (Å²) in [6, 6.07) is 8.29. The minimum atomic E-state index is -0.396. The highest BCUT2D eigenvalue weighted by Crippen LogP contribution is 2.32. The molecule has 2 aromatic carbocycles. The maximum absolute atomic E-state index is 12.2. The van der Waals surface area contributed by atoms with Crippen molar-refractivity contribution in [3.63, 3.8) is 0 Å². The van der Waals surface area contributed by atoms with E-state index in [-0.39, 0.29) is 12.5 Å². The molecule has 1 aromatic heterocycles. The van der Waals surface area contributed by atoms with Gasteiger partial charge < -0.3 is 9.47 Å². The molecule has 1 amide bonds. The number of esters is 1. The fourth-order valence-corrected chi connectivity index (χ4v) is 4.06. The predicted molar refractivity (Wildman–Crippen MR) is 111 cm³/mol. The Balaban J connectivity index is 1.67. The van der Waals surface area contributed by atoms with Crippen LogP contribution in [0.4, 0.5) is 5.13 Å². The number of amides is 1. The minimum Gasteiger partial charge on any atom is -0.482 e. The number of fused-ring (bicyclic) bond motifs is 1. The third kappa shape index (κ3) is 4.73. The molecule has 146 valence electrons. The van der Waals surface area contributed by atoms with Crippen molar-refractivity contribution in [3.05, 3.63) is 51.5 Å². The van der Waals surface area contributed by atoms with Crippen LogP contribution in [0.2, 0.25) is 10.0 Å². The van der Waals surface area contributed by atoms with Crippen molar-refractivity contribution < 1.29 is 19.1 Å². The number of aromatic nitrogens is 1. The SMILES string of the molecule is CCOC(=O)c1ccc2nc(NC(=O)COc3c(C)cc(Cl)cc3Cl)sc2c1. The number of hydrogen-bond donors (Lipinski definition) is 1. The average Bonchev–Trinajstić information content (AvgIpc) is 3.02. The molecule has 0 spiro atoms. The molecule has 0 unspecified atom stereocenters. The van der Waals surface area contributed by atoms with Gasteiger partial charge >= 0.3 is 5.97 Å². The van der Waals surface area contributed by atoms with E-state index in [2.05, 4.69) is 10.3 Å². The summed E-state index contributed by atoms with van der Waals surface area (Å²) in [5.41, 5.74) is 1.84. The molecule has 28 heavy (non-hydrogen) atoms. The molecule has 0 bridgehead atoms. The van der Waals surface area contributed by atoms with Crippen LogP contribution in [0.15, 0.2) is 30.3 Å². The number of rotatable bonds is 6. The van der Waals surface area contributed by atoms with Crippen molar-refractivity contribution in [1.29, 1.82) is 0 Å². The highest BCUT2D eigenvalue weighted by Gasteiger charge is 2.14. The summed E-state index contributed by atoms with van der Waals surface area (Å²) in [6.07, 6.45) is 0. The second kappa shape index (κ2) is 8.77. The molecule has 0 fully saturated rings. The lowest BCUT2D eigenvalue weighted by Gasteiger charge is -2.10. The molecule has 0 aliphatic rings. The van der Waals surface area contributed by atoms with Gasteiger partial charge in [-0.1, -0.05) is 34.5 Å². The summed E-state index contributed by atoms with van der Waals surface area (Å²) in [5, 5.41) is 3.92. The van der Waals surface area contributed by atoms with Gasteiger partial charge in [0, 0.05) is 5.02 Å². The molecule has 0 saturated heterocycles. The molecule has 0 aliphatic carbocycles. The Kier molecular flexibility index (Phi) is 6.39. The van der Waals surface area contributed by atoms with Crippen molar-refractivity contribution >= 4 is 61.8 Å². The first-order valence-electron chi connectivity index (χ1n) is 8.33. The monoisotopic (exact) mass is 438 g/mol. The van der Waals surface area contributed by atoms with Crippen molar-refractivity contribution in [2.24, 2.45) is 0 Å². The van der Waals surface area contributed by atoms with Crippen LogP contribution in [0.3, 0.4) is 0 Å². The summed E-state index contributed by atoms with van der Waals surface area (Å²) in [7, 11) is 0. The van der Waals surface area contributed by atoms with Gasteiger partial charge in [-0.2, -0.15) is 0 Å². The van der Waals surface area contributed by atoms with E-state index in [0.29, 0.717) is 38.6 Å². The van der Waals surface area contributed by atoms with Gasteiger partial charge in [0.15, 0.2) is 11.7 Å². The topological polar surface area (TPSA) is 77.5 Å². The lowest BCUT2D eigenvalue weighted by molar-refractivity contribution is -0.118. The van der Waals surface area contributed by atoms with Gasteiger partial charge in [0.2, 0.25) is 0 Å². The third-order valence-corrected chi connectivity index (χ3v) is 5.12. The zero-order chi connectivity index (χ0) is 20.3. The van der Waals surface area contributed by atoms with Gasteiger partial charge in [-0.25, -0.2) is 9.78 Å². The number of nitrogens with one attached hydrogen (secondary N) is 1. The van der Waals surface area contributed by atoms with Crippen molar-refractivity contribution in [1.82, 2.24) is 4.98 Å². The zero-order valence-electron chi connectivity index (χ0n) is 15.0. The summed E-state index contributed by atoms with van der Waals surface area (Å²) < 4.78 is 11.3. The molecular formula is C19H16Cl2N2O4S. The van der Waals surface area contributed by atoms with E-state index in [4.69, 9.17) is 32.7 Å². The summed E-state index contributed by atoms with van der Waals surface area (Å²) in [5.74, 6) is -0.369. The average molecular weight is 439 g/mol. The van der Waals surface area contributed by atoms with Crippen LogP contribution in [0.25, 0.3) is 10.2 Å². The van der Waals surface area contributed by atoms with Crippen LogP contribution in [0, 0.1) is 6.92 Å². The molecule has 6 nitrogen and oxygen atoms in total. The molecule has 1 heterocycles. The Bertz CT molecular complexity index is 1030. The van der Waals surface area contributed by atoms with Crippen LogP contribution in [0.5, 0.6) is 5.75 Å². The van der Waals surface area contributed by atoms with Crippen LogP contribution < -0.4 is 10.1 Å². The second-order valence-electron chi connectivity index (χ2n) is 5.79. The Morgan fingerprint density at radius 2 is 2.00 bits per heavy atom. The molecule has 0 atom stereocenters. The standard InChI is InChI=1S/C19H16Cl2N2O4S/c1-3-26-18(25)11-4-5-14-15(7-11)28-19(22-14)23-16(24)9-27-17-10(2)6-12(20)8-13(17)21/h4-8H,3,9H2,1-2H3,(H,22,23,24). The van der Waals surface area contributed by atoms with E-state index < -0.39 is 5.97 Å². The number of anilines is 1. The number of carbonyl (C=O) groups excluding carboxylic acids is 2. The smallest absolute Gasteiger partial charge is 0.338 e. The Morgan fingerprint density at radius 1 is 1.21 bits per heavy atom. The molecule has 0 radical (unpaired) electrons. The Labute approximate surface area is 175 Å². The molecule has 0 saturated carbocycles. The Morgan fingerprint density at radius 3 is 2.71 bits per heavy atom. The molecule has 1 N–H and O–H groups in total.